The number of anilines is 1. The predicted molar refractivity (Wildman–Crippen MR) is 113 cm³/mol. The molecule has 5 rings (SSSR count). The van der Waals surface area contributed by atoms with E-state index >= 15 is 0 Å². The maximum absolute atomic E-state index is 13.2. The summed E-state index contributed by atoms with van der Waals surface area (Å²) in [5, 5.41) is 12.9. The van der Waals surface area contributed by atoms with E-state index in [4.69, 9.17) is 14.7 Å². The Morgan fingerprint density at radius 2 is 1.84 bits per heavy atom. The number of aromatic nitrogens is 1. The number of aromatic amines is 1. The van der Waals surface area contributed by atoms with E-state index in [1.165, 1.54) is 0 Å². The zero-order chi connectivity index (χ0) is 21.8. The minimum absolute atomic E-state index is 0.0542. The number of fused-ring (bicyclic) bond motifs is 2. The maximum atomic E-state index is 13.2. The maximum Gasteiger partial charge on any atom is 0.254 e. The van der Waals surface area contributed by atoms with Gasteiger partial charge in [-0.25, -0.2) is 5.48 Å². The summed E-state index contributed by atoms with van der Waals surface area (Å²) < 4.78 is 10.8. The predicted octanol–water partition coefficient (Wildman–Crippen LogP) is 3.35. The Bertz CT molecular complexity index is 1210. The molecule has 0 spiro atoms. The quantitative estimate of drug-likeness (QED) is 0.373. The number of carbonyl (C=O) groups is 2. The molecule has 2 amide bonds. The van der Waals surface area contributed by atoms with Crippen molar-refractivity contribution in [2.24, 2.45) is 0 Å². The lowest BCUT2D eigenvalue weighted by Crippen LogP contribution is -2.38. The van der Waals surface area contributed by atoms with Crippen LogP contribution in [0, 0.1) is 0 Å². The highest BCUT2D eigenvalue weighted by Gasteiger charge is 2.51. The number of amides is 2. The zero-order valence-corrected chi connectivity index (χ0v) is 17.2. The molecule has 31 heavy (non-hydrogen) atoms. The molecule has 1 aromatic heterocycles. The second-order valence-electron chi connectivity index (χ2n) is 8.66. The van der Waals surface area contributed by atoms with Gasteiger partial charge in [0.25, 0.3) is 5.91 Å². The molecule has 4 N–H and O–H groups in total. The lowest BCUT2D eigenvalue weighted by atomic mass is 9.88. The third-order valence-electron chi connectivity index (χ3n) is 6.33. The van der Waals surface area contributed by atoms with Crippen molar-refractivity contribution in [3.8, 4) is 11.5 Å². The van der Waals surface area contributed by atoms with Crippen LogP contribution in [-0.2, 0) is 20.4 Å². The van der Waals surface area contributed by atoms with E-state index in [1.807, 2.05) is 42.5 Å². The van der Waals surface area contributed by atoms with Gasteiger partial charge in [0.1, 0.15) is 0 Å². The van der Waals surface area contributed by atoms with Crippen molar-refractivity contribution in [2.45, 2.75) is 37.5 Å². The number of H-pyrrole nitrogens is 1. The van der Waals surface area contributed by atoms with E-state index in [2.05, 4.69) is 10.3 Å². The van der Waals surface area contributed by atoms with Crippen LogP contribution in [0.3, 0.4) is 0 Å². The summed E-state index contributed by atoms with van der Waals surface area (Å²) in [6.45, 7) is 3.63. The molecule has 8 nitrogen and oxygen atoms in total. The van der Waals surface area contributed by atoms with Gasteiger partial charge in [0.15, 0.2) is 11.5 Å². The number of rotatable bonds is 5. The van der Waals surface area contributed by atoms with Crippen LogP contribution in [0.2, 0.25) is 0 Å². The molecular formula is C23H23N3O5. The number of hydroxylamine groups is 1. The largest absolute Gasteiger partial charge is 0.454 e. The summed E-state index contributed by atoms with van der Waals surface area (Å²) in [7, 11) is 0. The highest BCUT2D eigenvalue weighted by Crippen LogP contribution is 2.51. The minimum atomic E-state index is -0.936. The molecule has 2 heterocycles. The number of hydrogen-bond acceptors (Lipinski definition) is 5. The van der Waals surface area contributed by atoms with Gasteiger partial charge in [-0.05, 0) is 68.7 Å². The van der Waals surface area contributed by atoms with Crippen molar-refractivity contribution in [3.05, 3.63) is 53.7 Å². The van der Waals surface area contributed by atoms with Crippen LogP contribution >= 0.6 is 0 Å². The monoisotopic (exact) mass is 421 g/mol. The third kappa shape index (κ3) is 3.11. The molecule has 160 valence electrons. The van der Waals surface area contributed by atoms with Crippen molar-refractivity contribution in [1.82, 2.24) is 10.5 Å². The average molecular weight is 421 g/mol. The standard InChI is InChI=1S/C23H23N3O5/c1-22(2,20(27)26-29)19-10-13-9-15(4-5-16(13)25-19)24-21(28)23(7-8-23)14-3-6-17-18(11-14)31-12-30-17/h3-6,9-11,25,29H,7-8,12H2,1-2H3,(H,24,28)(H,26,27). The van der Waals surface area contributed by atoms with Crippen LogP contribution in [-0.4, -0.2) is 28.8 Å². The van der Waals surface area contributed by atoms with E-state index < -0.39 is 16.7 Å². The van der Waals surface area contributed by atoms with Gasteiger partial charge in [-0.2, -0.15) is 0 Å². The van der Waals surface area contributed by atoms with Crippen molar-refractivity contribution < 1.29 is 24.3 Å². The molecular weight excluding hydrogens is 398 g/mol. The highest BCUT2D eigenvalue weighted by atomic mass is 16.7. The molecule has 0 saturated heterocycles. The van der Waals surface area contributed by atoms with Gasteiger partial charge < -0.3 is 19.8 Å². The average Bonchev–Trinajstić information content (AvgIpc) is 3.25. The summed E-state index contributed by atoms with van der Waals surface area (Å²) in [4.78, 5) is 28.4. The Morgan fingerprint density at radius 3 is 2.58 bits per heavy atom. The molecule has 1 fully saturated rings. The fourth-order valence-corrected chi connectivity index (χ4v) is 4.03. The van der Waals surface area contributed by atoms with Crippen molar-refractivity contribution in [2.75, 3.05) is 12.1 Å². The first-order valence-electron chi connectivity index (χ1n) is 10.1. The Hall–Kier alpha value is -3.52. The first kappa shape index (κ1) is 19.4. The molecule has 1 saturated carbocycles. The molecule has 2 aromatic carbocycles. The van der Waals surface area contributed by atoms with Gasteiger partial charge in [-0.15, -0.1) is 0 Å². The summed E-state index contributed by atoms with van der Waals surface area (Å²) >= 11 is 0. The molecule has 0 radical (unpaired) electrons. The second kappa shape index (κ2) is 6.75. The van der Waals surface area contributed by atoms with Crippen molar-refractivity contribution in [1.29, 1.82) is 0 Å². The first-order chi connectivity index (χ1) is 14.8. The number of benzene rings is 2. The fourth-order valence-electron chi connectivity index (χ4n) is 4.03. The van der Waals surface area contributed by atoms with Gasteiger partial charge in [0, 0.05) is 22.3 Å². The van der Waals surface area contributed by atoms with Crippen LogP contribution in [0.25, 0.3) is 10.9 Å². The first-order valence-corrected chi connectivity index (χ1v) is 10.1. The lowest BCUT2D eigenvalue weighted by Gasteiger charge is -2.20. The minimum Gasteiger partial charge on any atom is -0.454 e. The molecule has 0 bridgehead atoms. The van der Waals surface area contributed by atoms with Crippen LogP contribution in [0.15, 0.2) is 42.5 Å². The third-order valence-corrected chi connectivity index (χ3v) is 6.33. The lowest BCUT2D eigenvalue weighted by molar-refractivity contribution is -0.134. The van der Waals surface area contributed by atoms with Crippen LogP contribution in [0.4, 0.5) is 5.69 Å². The van der Waals surface area contributed by atoms with E-state index in [1.54, 1.807) is 19.3 Å². The number of hydrogen-bond donors (Lipinski definition) is 4. The Labute approximate surface area is 178 Å². The van der Waals surface area contributed by atoms with Gasteiger partial charge >= 0.3 is 0 Å². The Kier molecular flexibility index (Phi) is 4.23. The summed E-state index contributed by atoms with van der Waals surface area (Å²) in [5.74, 6) is 0.812. The Balaban J connectivity index is 1.39. The molecule has 8 heteroatoms. The zero-order valence-electron chi connectivity index (χ0n) is 17.2. The molecule has 3 aromatic rings. The molecule has 1 aliphatic heterocycles. The number of carbonyl (C=O) groups excluding carboxylic acids is 2. The molecule has 2 aliphatic rings. The van der Waals surface area contributed by atoms with Gasteiger partial charge in [-0.3, -0.25) is 14.8 Å². The van der Waals surface area contributed by atoms with Crippen molar-refractivity contribution >= 4 is 28.4 Å². The van der Waals surface area contributed by atoms with E-state index in [0.29, 0.717) is 22.9 Å². The topological polar surface area (TPSA) is 113 Å². The van der Waals surface area contributed by atoms with Crippen molar-refractivity contribution in [3.63, 3.8) is 0 Å². The Morgan fingerprint density at radius 1 is 1.06 bits per heavy atom. The summed E-state index contributed by atoms with van der Waals surface area (Å²) in [5.41, 5.74) is 3.32. The summed E-state index contributed by atoms with van der Waals surface area (Å²) in [6.07, 6.45) is 1.55. The van der Waals surface area contributed by atoms with Gasteiger partial charge in [0.05, 0.1) is 10.8 Å². The smallest absolute Gasteiger partial charge is 0.254 e. The van der Waals surface area contributed by atoms with Gasteiger partial charge in [-0.1, -0.05) is 6.07 Å². The van der Waals surface area contributed by atoms with Crippen LogP contribution in [0.1, 0.15) is 37.9 Å². The van der Waals surface area contributed by atoms with Crippen LogP contribution < -0.4 is 20.3 Å². The normalized spacial score (nSPS) is 16.2. The van der Waals surface area contributed by atoms with E-state index in [0.717, 1.165) is 29.3 Å². The molecule has 0 unspecified atom stereocenters. The van der Waals surface area contributed by atoms with E-state index in [9.17, 15) is 9.59 Å². The van der Waals surface area contributed by atoms with Crippen LogP contribution in [0.5, 0.6) is 11.5 Å². The van der Waals surface area contributed by atoms with E-state index in [-0.39, 0.29) is 12.7 Å². The molecule has 1 aliphatic carbocycles. The number of ether oxygens (including phenoxy) is 2. The number of nitrogens with one attached hydrogen (secondary N) is 3. The highest BCUT2D eigenvalue weighted by molar-refractivity contribution is 6.02. The summed E-state index contributed by atoms with van der Waals surface area (Å²) in [6, 6.07) is 13.1. The molecule has 0 atom stereocenters. The second-order valence-corrected chi connectivity index (χ2v) is 8.66. The fraction of sp³-hybridized carbons (Fsp3) is 0.304. The SMILES string of the molecule is CC(C)(C(=O)NO)c1cc2cc(NC(=O)C3(c4ccc5c(c4)OCO5)CC3)ccc2[nH]1. The van der Waals surface area contributed by atoms with Gasteiger partial charge in [0.2, 0.25) is 12.7 Å².